The zero-order valence-electron chi connectivity index (χ0n) is 15.2. The average Bonchev–Trinajstić information content (AvgIpc) is 3.12. The lowest BCUT2D eigenvalue weighted by atomic mass is 10.0. The Bertz CT molecular complexity index is 886. The zero-order valence-corrected chi connectivity index (χ0v) is 18.4. The summed E-state index contributed by atoms with van der Waals surface area (Å²) < 4.78 is 10.00. The second-order valence-electron chi connectivity index (χ2n) is 6.23. The molecule has 0 radical (unpaired) electrons. The minimum Gasteiger partial charge on any atom is -0.497 e. The smallest absolute Gasteiger partial charge is 0.267 e. The van der Waals surface area contributed by atoms with Crippen molar-refractivity contribution in [3.05, 3.63) is 70.8 Å². The first-order valence-corrected chi connectivity index (χ1v) is 12.7. The van der Waals surface area contributed by atoms with Gasteiger partial charge in [-0.3, -0.25) is 9.59 Å². The molecule has 0 aromatic heterocycles. The summed E-state index contributed by atoms with van der Waals surface area (Å²) >= 11 is 2.03. The number of nitrogens with one attached hydrogen (secondary N) is 2. The molecule has 2 unspecified atom stereocenters. The van der Waals surface area contributed by atoms with Crippen LogP contribution in [0.5, 0.6) is 5.75 Å². The number of halogens is 1. The Labute approximate surface area is 178 Å². The number of benzene rings is 2. The molecule has 0 heterocycles. The lowest BCUT2D eigenvalue weighted by Crippen LogP contribution is -2.27. The van der Waals surface area contributed by atoms with E-state index in [1.807, 2.05) is 34.2 Å². The number of ether oxygens (including phenoxy) is 1. The number of hydrogen-bond donors (Lipinski definition) is 2. The molecule has 2 N–H and O–H groups in total. The first-order valence-electron chi connectivity index (χ1n) is 8.68. The minimum absolute atomic E-state index is 0.0102. The van der Waals surface area contributed by atoms with E-state index in [0.29, 0.717) is 5.56 Å². The van der Waals surface area contributed by atoms with Gasteiger partial charge in [0.15, 0.2) is 0 Å². The summed E-state index contributed by atoms with van der Waals surface area (Å²) in [5, 5.41) is 3.10. The molecule has 2 aromatic carbocycles. The number of fused-ring (bicyclic) bond motifs is 1. The van der Waals surface area contributed by atoms with Gasteiger partial charge in [-0.25, -0.2) is 10.1 Å². The van der Waals surface area contributed by atoms with Crippen LogP contribution in [0, 0.1) is 0 Å². The minimum atomic E-state index is -0.297. The SMILES string of the molecule is COc1ccc(C(=O)NC2CCc3cc(/C=C/C(=O)NOPI)ccc32)cc1. The second-order valence-corrected chi connectivity index (χ2v) is 7.91. The number of carbonyl (C=O) groups excluding carboxylic acids is 2. The predicted molar refractivity (Wildman–Crippen MR) is 119 cm³/mol. The monoisotopic (exact) mass is 510 g/mol. The molecule has 0 bridgehead atoms. The van der Waals surface area contributed by atoms with Gasteiger partial charge in [0.1, 0.15) is 12.2 Å². The Morgan fingerprint density at radius 2 is 2.00 bits per heavy atom. The molecule has 2 atom stereocenters. The van der Waals surface area contributed by atoms with Crippen molar-refractivity contribution in [2.45, 2.75) is 18.9 Å². The van der Waals surface area contributed by atoms with Crippen LogP contribution in [0.4, 0.5) is 0 Å². The van der Waals surface area contributed by atoms with Crippen molar-refractivity contribution in [1.82, 2.24) is 10.8 Å². The van der Waals surface area contributed by atoms with Crippen LogP contribution in [0.1, 0.15) is 39.5 Å². The van der Waals surface area contributed by atoms with E-state index in [4.69, 9.17) is 9.36 Å². The van der Waals surface area contributed by atoms with E-state index in [0.717, 1.165) is 29.7 Å². The highest BCUT2D eigenvalue weighted by molar-refractivity contribution is 14.2. The third-order valence-corrected chi connectivity index (χ3v) is 5.36. The number of hydrogen-bond acceptors (Lipinski definition) is 4. The molecule has 6 nitrogen and oxygen atoms in total. The molecule has 0 fully saturated rings. The van der Waals surface area contributed by atoms with Gasteiger partial charge in [0, 0.05) is 11.6 Å². The lowest BCUT2D eigenvalue weighted by molar-refractivity contribution is -0.122. The third-order valence-electron chi connectivity index (χ3n) is 4.52. The first-order chi connectivity index (χ1) is 13.6. The van der Waals surface area contributed by atoms with Crippen LogP contribution in [0.15, 0.2) is 48.5 Å². The van der Waals surface area contributed by atoms with E-state index in [-0.39, 0.29) is 24.3 Å². The molecule has 0 aliphatic heterocycles. The van der Waals surface area contributed by atoms with Crippen LogP contribution in [-0.2, 0) is 15.8 Å². The van der Waals surface area contributed by atoms with Crippen LogP contribution in [0.2, 0.25) is 0 Å². The topological polar surface area (TPSA) is 76.7 Å². The fourth-order valence-electron chi connectivity index (χ4n) is 3.15. The Hall–Kier alpha value is -1.96. The molecule has 0 saturated heterocycles. The maximum absolute atomic E-state index is 12.5. The lowest BCUT2D eigenvalue weighted by Gasteiger charge is -2.14. The Kier molecular flexibility index (Phi) is 7.42. The van der Waals surface area contributed by atoms with E-state index >= 15 is 0 Å². The maximum atomic E-state index is 12.5. The summed E-state index contributed by atoms with van der Waals surface area (Å²) in [6.45, 7) is 0.173. The van der Waals surface area contributed by atoms with Gasteiger partial charge >= 0.3 is 0 Å². The van der Waals surface area contributed by atoms with Crippen LogP contribution < -0.4 is 15.5 Å². The predicted octanol–water partition coefficient (Wildman–Crippen LogP) is 4.12. The Morgan fingerprint density at radius 3 is 2.71 bits per heavy atom. The van der Waals surface area contributed by atoms with Crippen molar-refractivity contribution in [3.63, 3.8) is 0 Å². The van der Waals surface area contributed by atoms with Crippen molar-refractivity contribution in [2.75, 3.05) is 7.11 Å². The summed E-state index contributed by atoms with van der Waals surface area (Å²) in [7, 11) is 1.60. The molecule has 3 rings (SSSR count). The molecule has 28 heavy (non-hydrogen) atoms. The van der Waals surface area contributed by atoms with Gasteiger partial charge in [0.05, 0.1) is 13.2 Å². The zero-order chi connectivity index (χ0) is 19.9. The van der Waals surface area contributed by atoms with Gasteiger partial charge in [0.2, 0.25) is 0 Å². The summed E-state index contributed by atoms with van der Waals surface area (Å²) in [6, 6.07) is 13.1. The van der Waals surface area contributed by atoms with E-state index < -0.39 is 0 Å². The summed E-state index contributed by atoms with van der Waals surface area (Å²) in [6.07, 6.45) is 4.93. The van der Waals surface area contributed by atoms with Crippen molar-refractivity contribution in [2.24, 2.45) is 0 Å². The van der Waals surface area contributed by atoms with Gasteiger partial charge in [0.25, 0.3) is 11.8 Å². The van der Waals surface area contributed by atoms with Gasteiger partial charge in [-0.15, -0.1) is 0 Å². The number of rotatable bonds is 7. The maximum Gasteiger partial charge on any atom is 0.267 e. The fraction of sp³-hybridized carbons (Fsp3) is 0.200. The average molecular weight is 510 g/mol. The van der Waals surface area contributed by atoms with Gasteiger partial charge in [-0.1, -0.05) is 18.2 Å². The standard InChI is InChI=1S/C20H20IN2O4P/c1-26-16-7-4-14(5-8-16)20(25)22-18-10-6-15-12-13(2-9-17(15)18)3-11-19(24)23-27-28-21/h2-5,7-9,11-12,18,28H,6,10H2,1H3,(H,22,25)(H,23,24)/b11-3+. The summed E-state index contributed by atoms with van der Waals surface area (Å²) in [5.41, 5.74) is 6.18. The second kappa shape index (κ2) is 10.0. The molecular formula is C20H20IN2O4P. The highest BCUT2D eigenvalue weighted by atomic mass is 127. The summed E-state index contributed by atoms with van der Waals surface area (Å²) in [5.74, 6) is 0.324. The molecule has 0 spiro atoms. The fourth-order valence-corrected chi connectivity index (χ4v) is 3.62. The number of aryl methyl sites for hydroxylation is 1. The quantitative estimate of drug-likeness (QED) is 0.255. The number of amides is 2. The number of methoxy groups -OCH3 is 1. The summed E-state index contributed by atoms with van der Waals surface area (Å²) in [4.78, 5) is 24.1. The molecule has 2 amide bonds. The molecule has 0 saturated carbocycles. The van der Waals surface area contributed by atoms with Gasteiger partial charge < -0.3 is 10.1 Å². The van der Waals surface area contributed by atoms with E-state index in [9.17, 15) is 9.59 Å². The highest BCUT2D eigenvalue weighted by Gasteiger charge is 2.24. The molecule has 1 aliphatic rings. The van der Waals surface area contributed by atoms with E-state index in [1.165, 1.54) is 11.6 Å². The van der Waals surface area contributed by atoms with Crippen LogP contribution in [-0.4, -0.2) is 18.9 Å². The van der Waals surface area contributed by atoms with Gasteiger partial charge in [-0.05, 0) is 81.9 Å². The molecular weight excluding hydrogens is 490 g/mol. The van der Waals surface area contributed by atoms with Crippen molar-refractivity contribution in [1.29, 1.82) is 0 Å². The number of carbonyl (C=O) groups is 2. The normalized spacial score (nSPS) is 15.7. The molecule has 2 aromatic rings. The first kappa shape index (κ1) is 20.8. The van der Waals surface area contributed by atoms with E-state index in [2.05, 4.69) is 16.9 Å². The van der Waals surface area contributed by atoms with Gasteiger partial charge in [-0.2, -0.15) is 0 Å². The third kappa shape index (κ3) is 5.31. The van der Waals surface area contributed by atoms with Crippen molar-refractivity contribution < 1.29 is 19.0 Å². The molecule has 1 aliphatic carbocycles. The van der Waals surface area contributed by atoms with Crippen molar-refractivity contribution >= 4 is 46.4 Å². The molecule has 146 valence electrons. The Morgan fingerprint density at radius 1 is 1.21 bits per heavy atom. The van der Waals surface area contributed by atoms with Crippen molar-refractivity contribution in [3.8, 4) is 5.75 Å². The Balaban J connectivity index is 1.64. The van der Waals surface area contributed by atoms with Crippen LogP contribution >= 0.6 is 28.5 Å². The molecule has 8 heteroatoms. The van der Waals surface area contributed by atoms with Crippen LogP contribution in [0.25, 0.3) is 6.08 Å². The van der Waals surface area contributed by atoms with Crippen LogP contribution in [0.3, 0.4) is 0 Å². The van der Waals surface area contributed by atoms with E-state index in [1.54, 1.807) is 37.5 Å². The highest BCUT2D eigenvalue weighted by Crippen LogP contribution is 2.32. The number of hydroxylamine groups is 1. The largest absolute Gasteiger partial charge is 0.497 e.